The molecule has 1 aliphatic rings. The number of ether oxygens (including phenoxy) is 2. The number of carbonyl (C=O) groups is 1. The predicted molar refractivity (Wildman–Crippen MR) is 95.1 cm³/mol. The monoisotopic (exact) mass is 419 g/mol. The molecule has 0 N–H and O–H groups in total. The summed E-state index contributed by atoms with van der Waals surface area (Å²) in [4.78, 5) is 13.9. The molecule has 0 radical (unpaired) electrons. The number of rotatable bonds is 4. The van der Waals surface area contributed by atoms with Gasteiger partial charge in [-0.3, -0.25) is 0 Å². The molecule has 1 unspecified atom stereocenters. The first-order valence-electron chi connectivity index (χ1n) is 8.34. The van der Waals surface area contributed by atoms with E-state index in [0.29, 0.717) is 25.4 Å². The van der Waals surface area contributed by atoms with Gasteiger partial charge in [0.1, 0.15) is 11.4 Å². The molecule has 0 aliphatic carbocycles. The second kappa shape index (κ2) is 8.34. The standard InChI is InChI=1S/C18H24BrF2NO3/c1-18(2,3)25-17(23)22-9-5-6-12(10-22)11-24-14-8-4-7-13(15(14)19)16(20)21/h4,7-8,12,16H,5-6,9-11H2,1-3H3. The van der Waals surface area contributed by atoms with Crippen molar-refractivity contribution in [2.24, 2.45) is 5.92 Å². The Hall–Kier alpha value is -1.37. The summed E-state index contributed by atoms with van der Waals surface area (Å²) in [5.74, 6) is 0.538. The van der Waals surface area contributed by atoms with Crippen LogP contribution in [0, 0.1) is 5.92 Å². The first-order chi connectivity index (χ1) is 11.7. The van der Waals surface area contributed by atoms with Crippen LogP contribution in [0.4, 0.5) is 13.6 Å². The van der Waals surface area contributed by atoms with E-state index in [-0.39, 0.29) is 22.0 Å². The molecule has 4 nitrogen and oxygen atoms in total. The van der Waals surface area contributed by atoms with Crippen LogP contribution in [0.2, 0.25) is 0 Å². The summed E-state index contributed by atoms with van der Waals surface area (Å²) in [7, 11) is 0. The van der Waals surface area contributed by atoms with Gasteiger partial charge in [-0.25, -0.2) is 13.6 Å². The molecular weight excluding hydrogens is 396 g/mol. The number of likely N-dealkylation sites (tertiary alicyclic amines) is 1. The van der Waals surface area contributed by atoms with Crippen LogP contribution in [-0.4, -0.2) is 36.3 Å². The number of piperidine rings is 1. The van der Waals surface area contributed by atoms with E-state index < -0.39 is 12.0 Å². The van der Waals surface area contributed by atoms with E-state index in [4.69, 9.17) is 9.47 Å². The maximum atomic E-state index is 12.9. The van der Waals surface area contributed by atoms with Gasteiger partial charge >= 0.3 is 6.09 Å². The molecule has 1 atom stereocenters. The fraction of sp³-hybridized carbons (Fsp3) is 0.611. The lowest BCUT2D eigenvalue weighted by Crippen LogP contribution is -2.44. The maximum Gasteiger partial charge on any atom is 0.410 e. The lowest BCUT2D eigenvalue weighted by atomic mass is 9.99. The van der Waals surface area contributed by atoms with Crippen molar-refractivity contribution in [1.29, 1.82) is 0 Å². The quantitative estimate of drug-likeness (QED) is 0.654. The summed E-state index contributed by atoms with van der Waals surface area (Å²) in [5.41, 5.74) is -0.613. The number of hydrogen-bond acceptors (Lipinski definition) is 3. The van der Waals surface area contributed by atoms with Gasteiger partial charge in [-0.2, -0.15) is 0 Å². The lowest BCUT2D eigenvalue weighted by molar-refractivity contribution is 0.0139. The topological polar surface area (TPSA) is 38.8 Å². The lowest BCUT2D eigenvalue weighted by Gasteiger charge is -2.34. The van der Waals surface area contributed by atoms with Gasteiger partial charge < -0.3 is 14.4 Å². The average molecular weight is 420 g/mol. The molecule has 1 aliphatic heterocycles. The van der Waals surface area contributed by atoms with Crippen molar-refractivity contribution in [2.75, 3.05) is 19.7 Å². The normalized spacial score (nSPS) is 18.4. The summed E-state index contributed by atoms with van der Waals surface area (Å²) in [6.45, 7) is 7.08. The van der Waals surface area contributed by atoms with E-state index in [1.165, 1.54) is 6.07 Å². The van der Waals surface area contributed by atoms with Crippen LogP contribution in [0.5, 0.6) is 5.75 Å². The van der Waals surface area contributed by atoms with E-state index >= 15 is 0 Å². The van der Waals surface area contributed by atoms with Gasteiger partial charge in [0.2, 0.25) is 0 Å². The van der Waals surface area contributed by atoms with Gasteiger partial charge in [-0.1, -0.05) is 12.1 Å². The van der Waals surface area contributed by atoms with E-state index in [0.717, 1.165) is 12.8 Å². The zero-order valence-corrected chi connectivity index (χ0v) is 16.3. The molecule has 1 aromatic rings. The van der Waals surface area contributed by atoms with Gasteiger partial charge in [0.25, 0.3) is 6.43 Å². The van der Waals surface area contributed by atoms with E-state index in [1.54, 1.807) is 17.0 Å². The average Bonchev–Trinajstić information content (AvgIpc) is 2.52. The second-order valence-corrected chi connectivity index (χ2v) is 8.00. The van der Waals surface area contributed by atoms with Crippen LogP contribution in [0.3, 0.4) is 0 Å². The SMILES string of the molecule is CC(C)(C)OC(=O)N1CCCC(COc2cccc(C(F)F)c2Br)C1. The minimum atomic E-state index is -2.56. The summed E-state index contributed by atoms with van der Waals surface area (Å²) in [6.07, 6.45) is -1.09. The number of carbonyl (C=O) groups excluding carboxylic acids is 1. The van der Waals surface area contributed by atoms with Gasteiger partial charge in [0, 0.05) is 24.6 Å². The van der Waals surface area contributed by atoms with Crippen molar-refractivity contribution in [2.45, 2.75) is 45.6 Å². The number of alkyl halides is 2. The highest BCUT2D eigenvalue weighted by atomic mass is 79.9. The van der Waals surface area contributed by atoms with Crippen LogP contribution in [0.15, 0.2) is 22.7 Å². The third-order valence-corrected chi connectivity index (χ3v) is 4.72. The molecule has 1 amide bonds. The Balaban J connectivity index is 1.93. The zero-order valence-electron chi connectivity index (χ0n) is 14.7. The molecule has 0 spiro atoms. The Morgan fingerprint density at radius 3 is 2.76 bits per heavy atom. The van der Waals surface area contributed by atoms with Crippen LogP contribution in [0.25, 0.3) is 0 Å². The molecule has 25 heavy (non-hydrogen) atoms. The minimum absolute atomic E-state index is 0.0866. The highest BCUT2D eigenvalue weighted by Gasteiger charge is 2.28. The number of halogens is 3. The first-order valence-corrected chi connectivity index (χ1v) is 9.14. The fourth-order valence-corrected chi connectivity index (χ4v) is 3.26. The third-order valence-electron chi connectivity index (χ3n) is 3.87. The first kappa shape index (κ1) is 19.9. The second-order valence-electron chi connectivity index (χ2n) is 7.21. The van der Waals surface area contributed by atoms with E-state index in [2.05, 4.69) is 15.9 Å². The summed E-state index contributed by atoms with van der Waals surface area (Å²) < 4.78 is 37.3. The Kier molecular flexibility index (Phi) is 6.65. The Morgan fingerprint density at radius 2 is 2.12 bits per heavy atom. The van der Waals surface area contributed by atoms with Crippen molar-refractivity contribution in [3.63, 3.8) is 0 Å². The molecule has 140 valence electrons. The highest BCUT2D eigenvalue weighted by Crippen LogP contribution is 2.35. The minimum Gasteiger partial charge on any atom is -0.492 e. The molecule has 1 fully saturated rings. The number of hydrogen-bond donors (Lipinski definition) is 0. The number of nitrogens with zero attached hydrogens (tertiary/aromatic N) is 1. The van der Waals surface area contributed by atoms with E-state index in [1.807, 2.05) is 20.8 Å². The molecule has 0 aromatic heterocycles. The molecule has 7 heteroatoms. The van der Waals surface area contributed by atoms with Crippen LogP contribution in [0.1, 0.15) is 45.6 Å². The summed E-state index contributed by atoms with van der Waals surface area (Å²) >= 11 is 3.19. The number of benzene rings is 1. The Morgan fingerprint density at radius 1 is 1.40 bits per heavy atom. The highest BCUT2D eigenvalue weighted by molar-refractivity contribution is 9.10. The fourth-order valence-electron chi connectivity index (χ4n) is 2.71. The molecular formula is C18H24BrF2NO3. The molecule has 1 saturated heterocycles. The largest absolute Gasteiger partial charge is 0.492 e. The molecule has 0 bridgehead atoms. The van der Waals surface area contributed by atoms with Crippen molar-refractivity contribution in [3.05, 3.63) is 28.2 Å². The van der Waals surface area contributed by atoms with Crippen molar-refractivity contribution in [1.82, 2.24) is 4.90 Å². The van der Waals surface area contributed by atoms with Crippen molar-refractivity contribution < 1.29 is 23.0 Å². The number of amides is 1. The van der Waals surface area contributed by atoms with Crippen molar-refractivity contribution >= 4 is 22.0 Å². The van der Waals surface area contributed by atoms with E-state index in [9.17, 15) is 13.6 Å². The smallest absolute Gasteiger partial charge is 0.410 e. The zero-order chi connectivity index (χ0) is 18.6. The molecule has 0 saturated carbocycles. The molecule has 2 rings (SSSR count). The van der Waals surface area contributed by atoms with Gasteiger partial charge in [0.05, 0.1) is 11.1 Å². The van der Waals surface area contributed by atoms with Crippen LogP contribution < -0.4 is 4.74 Å². The van der Waals surface area contributed by atoms with Gasteiger partial charge in [-0.15, -0.1) is 0 Å². The summed E-state index contributed by atoms with van der Waals surface area (Å²) in [6, 6.07) is 4.58. The van der Waals surface area contributed by atoms with Crippen LogP contribution >= 0.6 is 15.9 Å². The maximum absolute atomic E-state index is 12.9. The van der Waals surface area contributed by atoms with Gasteiger partial charge in [-0.05, 0) is 55.6 Å². The summed E-state index contributed by atoms with van der Waals surface area (Å²) in [5, 5.41) is 0. The molecule has 1 heterocycles. The molecule has 1 aromatic carbocycles. The Bertz CT molecular complexity index is 604. The Labute approximate surface area is 155 Å². The predicted octanol–water partition coefficient (Wildman–Crippen LogP) is 5.41. The van der Waals surface area contributed by atoms with Gasteiger partial charge in [0.15, 0.2) is 0 Å². The van der Waals surface area contributed by atoms with Crippen LogP contribution in [-0.2, 0) is 4.74 Å². The van der Waals surface area contributed by atoms with Crippen molar-refractivity contribution in [3.8, 4) is 5.75 Å². The third kappa shape index (κ3) is 5.83.